The topological polar surface area (TPSA) is 86.3 Å². The molecule has 10 heteroatoms. The number of para-hydroxylation sites is 1. The number of ether oxygens (including phenoxy) is 1. The van der Waals surface area contributed by atoms with Gasteiger partial charge in [-0.1, -0.05) is 18.2 Å². The van der Waals surface area contributed by atoms with Gasteiger partial charge in [0.2, 0.25) is 10.0 Å². The fourth-order valence-corrected chi connectivity index (χ4v) is 4.56. The first-order chi connectivity index (χ1) is 14.4. The van der Waals surface area contributed by atoms with Crippen molar-refractivity contribution >= 4 is 40.0 Å². The Morgan fingerprint density at radius 1 is 1.26 bits per heavy atom. The van der Waals surface area contributed by atoms with E-state index in [2.05, 4.69) is 32.7 Å². The van der Waals surface area contributed by atoms with E-state index in [0.717, 1.165) is 24.8 Å². The van der Waals surface area contributed by atoms with Crippen LogP contribution in [0.1, 0.15) is 37.8 Å². The van der Waals surface area contributed by atoms with Crippen molar-refractivity contribution in [3.8, 4) is 5.75 Å². The lowest BCUT2D eigenvalue weighted by Gasteiger charge is -2.30. The van der Waals surface area contributed by atoms with Crippen LogP contribution in [0.4, 0.5) is 0 Å². The van der Waals surface area contributed by atoms with Gasteiger partial charge in [-0.2, -0.15) is 0 Å². The molecule has 0 spiro atoms. The molecule has 1 unspecified atom stereocenters. The van der Waals surface area contributed by atoms with Gasteiger partial charge in [0.05, 0.1) is 18.9 Å². The number of benzene rings is 1. The van der Waals surface area contributed by atoms with Gasteiger partial charge in [-0.25, -0.2) is 12.7 Å². The standard InChI is InChI=1S/C21H37N5O3S.HI/c1-5-30(27,28)25(3)14-10-13-23-21(22-2)24-17-19(26-15-8-9-16-26)18-11-6-7-12-20(18)29-4;/h6-7,11-12,19H,5,8-10,13-17H2,1-4H3,(H2,22,23,24);1H. The second-order valence-corrected chi connectivity index (χ2v) is 9.82. The number of hydrogen-bond donors (Lipinski definition) is 2. The molecule has 1 aliphatic rings. The van der Waals surface area contributed by atoms with Gasteiger partial charge in [0.25, 0.3) is 0 Å². The summed E-state index contributed by atoms with van der Waals surface area (Å²) in [5.41, 5.74) is 1.18. The smallest absolute Gasteiger partial charge is 0.213 e. The van der Waals surface area contributed by atoms with Crippen molar-refractivity contribution in [3.63, 3.8) is 0 Å². The Morgan fingerprint density at radius 3 is 2.55 bits per heavy atom. The molecule has 0 saturated carbocycles. The summed E-state index contributed by atoms with van der Waals surface area (Å²) in [4.78, 5) is 6.81. The molecule has 2 rings (SSSR count). The minimum atomic E-state index is -3.13. The summed E-state index contributed by atoms with van der Waals surface area (Å²) in [6.45, 7) is 5.66. The summed E-state index contributed by atoms with van der Waals surface area (Å²) in [7, 11) is 1.95. The molecular weight excluding hydrogens is 529 g/mol. The Morgan fingerprint density at radius 2 is 1.94 bits per heavy atom. The van der Waals surface area contributed by atoms with Crippen molar-refractivity contribution in [1.82, 2.24) is 19.8 Å². The maximum Gasteiger partial charge on any atom is 0.213 e. The number of sulfonamides is 1. The van der Waals surface area contributed by atoms with E-state index >= 15 is 0 Å². The van der Waals surface area contributed by atoms with Crippen LogP contribution in [-0.2, 0) is 10.0 Å². The van der Waals surface area contributed by atoms with Crippen LogP contribution in [0.15, 0.2) is 29.3 Å². The van der Waals surface area contributed by atoms with Crippen molar-refractivity contribution in [2.75, 3.05) is 59.7 Å². The minimum Gasteiger partial charge on any atom is -0.496 e. The first-order valence-electron chi connectivity index (χ1n) is 10.7. The van der Waals surface area contributed by atoms with Crippen molar-refractivity contribution in [1.29, 1.82) is 0 Å². The number of guanidine groups is 1. The molecule has 1 saturated heterocycles. The molecule has 8 nitrogen and oxygen atoms in total. The Labute approximate surface area is 204 Å². The second kappa shape index (κ2) is 14.1. The molecule has 1 aromatic carbocycles. The summed E-state index contributed by atoms with van der Waals surface area (Å²) in [5.74, 6) is 1.75. The molecule has 0 aliphatic carbocycles. The molecule has 31 heavy (non-hydrogen) atoms. The molecule has 1 atom stereocenters. The van der Waals surface area contributed by atoms with Crippen molar-refractivity contribution < 1.29 is 13.2 Å². The summed E-state index contributed by atoms with van der Waals surface area (Å²) in [6, 6.07) is 8.38. The molecule has 0 bridgehead atoms. The number of likely N-dealkylation sites (tertiary alicyclic amines) is 1. The highest BCUT2D eigenvalue weighted by molar-refractivity contribution is 14.0. The third kappa shape index (κ3) is 8.39. The van der Waals surface area contributed by atoms with Crippen LogP contribution in [0.25, 0.3) is 0 Å². The van der Waals surface area contributed by atoms with E-state index in [9.17, 15) is 8.42 Å². The molecule has 2 N–H and O–H groups in total. The number of aliphatic imine (C=N–C) groups is 1. The first kappa shape index (κ1) is 27.9. The van der Waals surface area contributed by atoms with Crippen molar-refractivity contribution in [3.05, 3.63) is 29.8 Å². The van der Waals surface area contributed by atoms with E-state index in [1.165, 1.54) is 22.7 Å². The lowest BCUT2D eigenvalue weighted by Crippen LogP contribution is -2.43. The van der Waals surface area contributed by atoms with Crippen LogP contribution >= 0.6 is 24.0 Å². The highest BCUT2D eigenvalue weighted by Gasteiger charge is 2.26. The number of halogens is 1. The number of methoxy groups -OCH3 is 1. The number of nitrogens with zero attached hydrogens (tertiary/aromatic N) is 3. The molecule has 178 valence electrons. The summed E-state index contributed by atoms with van der Waals surface area (Å²) < 4.78 is 30.7. The predicted molar refractivity (Wildman–Crippen MR) is 138 cm³/mol. The fourth-order valence-electron chi connectivity index (χ4n) is 3.71. The molecule has 1 aromatic rings. The van der Waals surface area contributed by atoms with Crippen LogP contribution in [0, 0.1) is 0 Å². The van der Waals surface area contributed by atoms with Gasteiger partial charge < -0.3 is 15.4 Å². The number of nitrogens with one attached hydrogen (secondary N) is 2. The average molecular weight is 568 g/mol. The molecule has 0 radical (unpaired) electrons. The van der Waals surface area contributed by atoms with Gasteiger partial charge in [-0.3, -0.25) is 9.89 Å². The minimum absolute atomic E-state index is 0. The van der Waals surface area contributed by atoms with Gasteiger partial charge in [0.1, 0.15) is 5.75 Å². The lowest BCUT2D eigenvalue weighted by atomic mass is 10.0. The Hall–Kier alpha value is -1.11. The van der Waals surface area contributed by atoms with Crippen LogP contribution in [0.2, 0.25) is 0 Å². The van der Waals surface area contributed by atoms with Crippen LogP contribution < -0.4 is 15.4 Å². The molecule has 1 heterocycles. The second-order valence-electron chi connectivity index (χ2n) is 7.46. The maximum atomic E-state index is 11.8. The zero-order valence-corrected chi connectivity index (χ0v) is 22.3. The van der Waals surface area contributed by atoms with Crippen LogP contribution in [0.3, 0.4) is 0 Å². The van der Waals surface area contributed by atoms with E-state index in [1.54, 1.807) is 28.1 Å². The molecule has 0 aromatic heterocycles. The predicted octanol–water partition coefficient (Wildman–Crippen LogP) is 2.29. The molecule has 1 aliphatic heterocycles. The summed E-state index contributed by atoms with van der Waals surface area (Å²) in [6.07, 6.45) is 3.14. The van der Waals surface area contributed by atoms with Crippen LogP contribution in [-0.4, -0.2) is 83.3 Å². The first-order valence-corrected chi connectivity index (χ1v) is 12.3. The number of rotatable bonds is 11. The van der Waals surface area contributed by atoms with Gasteiger partial charge >= 0.3 is 0 Å². The fraction of sp³-hybridized carbons (Fsp3) is 0.667. The summed E-state index contributed by atoms with van der Waals surface area (Å²) in [5, 5.41) is 6.72. The Kier molecular flexibility index (Phi) is 12.7. The highest BCUT2D eigenvalue weighted by Crippen LogP contribution is 2.31. The van der Waals surface area contributed by atoms with Gasteiger partial charge in [-0.05, 0) is 45.3 Å². The van der Waals surface area contributed by atoms with Gasteiger partial charge in [0, 0.05) is 39.3 Å². The van der Waals surface area contributed by atoms with E-state index in [1.807, 2.05) is 12.1 Å². The number of hydrogen-bond acceptors (Lipinski definition) is 5. The monoisotopic (exact) mass is 567 g/mol. The maximum absolute atomic E-state index is 11.8. The molecular formula is C21H38IN5O3S. The third-order valence-electron chi connectivity index (χ3n) is 5.55. The van der Waals surface area contributed by atoms with E-state index in [4.69, 9.17) is 4.74 Å². The van der Waals surface area contributed by atoms with Crippen LogP contribution in [0.5, 0.6) is 5.75 Å². The highest BCUT2D eigenvalue weighted by atomic mass is 127. The quantitative estimate of drug-likeness (QED) is 0.185. The third-order valence-corrected chi connectivity index (χ3v) is 7.41. The zero-order chi connectivity index (χ0) is 22.0. The van der Waals surface area contributed by atoms with Crippen molar-refractivity contribution in [2.24, 2.45) is 4.99 Å². The average Bonchev–Trinajstić information content (AvgIpc) is 3.29. The largest absolute Gasteiger partial charge is 0.496 e. The summed E-state index contributed by atoms with van der Waals surface area (Å²) >= 11 is 0. The van der Waals surface area contributed by atoms with Crippen molar-refractivity contribution in [2.45, 2.75) is 32.2 Å². The van der Waals surface area contributed by atoms with E-state index in [-0.39, 0.29) is 35.8 Å². The zero-order valence-electron chi connectivity index (χ0n) is 19.1. The SMILES string of the molecule is CCS(=O)(=O)N(C)CCCNC(=NC)NCC(c1ccccc1OC)N1CCCC1.I. The molecule has 1 fully saturated rings. The van der Waals surface area contributed by atoms with Gasteiger partial charge in [-0.15, -0.1) is 24.0 Å². The molecule has 0 amide bonds. The lowest BCUT2D eigenvalue weighted by molar-refractivity contribution is 0.239. The normalized spacial score (nSPS) is 16.1. The Balaban J connectivity index is 0.00000480. The van der Waals surface area contributed by atoms with E-state index < -0.39 is 10.0 Å². The Bertz CT molecular complexity index is 785. The van der Waals surface area contributed by atoms with Gasteiger partial charge in [0.15, 0.2) is 5.96 Å². The van der Waals surface area contributed by atoms with E-state index in [0.29, 0.717) is 26.1 Å².